The molecule has 4 aromatic rings. The number of carbonyl (C=O) groups is 2. The van der Waals surface area contributed by atoms with Crippen molar-refractivity contribution < 1.29 is 36.3 Å². The number of sulfonamides is 1. The van der Waals surface area contributed by atoms with E-state index < -0.39 is 28.2 Å². The fourth-order valence-corrected chi connectivity index (χ4v) is 6.37. The molecule has 10 nitrogen and oxygen atoms in total. The Bertz CT molecular complexity index is 1590. The molecule has 0 radical (unpaired) electrons. The van der Waals surface area contributed by atoms with E-state index in [1.54, 1.807) is 23.4 Å². The summed E-state index contributed by atoms with van der Waals surface area (Å²) in [6.07, 6.45) is -1.39. The molecule has 0 bridgehead atoms. The van der Waals surface area contributed by atoms with Crippen LogP contribution in [0.3, 0.4) is 0 Å². The van der Waals surface area contributed by atoms with E-state index in [0.29, 0.717) is 30.8 Å². The number of thiophene rings is 1. The van der Waals surface area contributed by atoms with Crippen LogP contribution >= 0.6 is 11.3 Å². The average Bonchev–Trinajstić information content (AvgIpc) is 3.44. The number of fused-ring (bicyclic) bond motifs is 2. The number of aliphatic carboxylic acids is 1. The molecule has 200 valence electrons. The molecule has 1 saturated heterocycles. The first-order valence-electron chi connectivity index (χ1n) is 10.9. The molecule has 1 atom stereocenters. The maximum absolute atomic E-state index is 12.9. The van der Waals surface area contributed by atoms with Crippen LogP contribution in [0.5, 0.6) is 0 Å². The Kier molecular flexibility index (Phi) is 7.53. The number of nitrogen functional groups attached to an aromatic ring is 1. The predicted molar refractivity (Wildman–Crippen MR) is 134 cm³/mol. The predicted octanol–water partition coefficient (Wildman–Crippen LogP) is 3.14. The van der Waals surface area contributed by atoms with Crippen molar-refractivity contribution in [2.24, 2.45) is 0 Å². The first-order chi connectivity index (χ1) is 17.8. The topological polar surface area (TPSA) is 156 Å². The second-order valence-electron chi connectivity index (χ2n) is 8.23. The molecule has 0 unspecified atom stereocenters. The molecule has 3 aromatic heterocycles. The Balaban J connectivity index is 0.000000426. The smallest absolute Gasteiger partial charge is 0.475 e. The molecule has 1 amide bonds. The van der Waals surface area contributed by atoms with Crippen molar-refractivity contribution in [1.29, 1.82) is 0 Å². The van der Waals surface area contributed by atoms with Crippen molar-refractivity contribution in [3.05, 3.63) is 60.4 Å². The van der Waals surface area contributed by atoms with Crippen molar-refractivity contribution in [1.82, 2.24) is 19.6 Å². The number of anilines is 1. The number of carboxylic acids is 1. The first-order valence-corrected chi connectivity index (χ1v) is 13.2. The summed E-state index contributed by atoms with van der Waals surface area (Å²) in [5.74, 6) is -2.55. The number of hydrogen-bond donors (Lipinski definition) is 3. The highest BCUT2D eigenvalue weighted by Crippen LogP contribution is 2.28. The van der Waals surface area contributed by atoms with Crippen LogP contribution < -0.4 is 10.5 Å². The van der Waals surface area contributed by atoms with E-state index in [9.17, 15) is 26.4 Å². The Morgan fingerprint density at radius 2 is 1.92 bits per heavy atom. The van der Waals surface area contributed by atoms with Gasteiger partial charge in [-0.15, -0.1) is 11.3 Å². The lowest BCUT2D eigenvalue weighted by molar-refractivity contribution is -0.192. The summed E-state index contributed by atoms with van der Waals surface area (Å²) in [4.78, 5) is 31.7. The minimum Gasteiger partial charge on any atom is -0.475 e. The van der Waals surface area contributed by atoms with Crippen molar-refractivity contribution in [2.45, 2.75) is 29.4 Å². The van der Waals surface area contributed by atoms with E-state index in [4.69, 9.17) is 15.6 Å². The van der Waals surface area contributed by atoms with E-state index in [0.717, 1.165) is 32.4 Å². The molecule has 1 aromatic carbocycles. The number of amides is 1. The Morgan fingerprint density at radius 1 is 1.18 bits per heavy atom. The minimum atomic E-state index is -5.08. The van der Waals surface area contributed by atoms with E-state index in [1.807, 2.05) is 30.3 Å². The average molecular weight is 568 g/mol. The molecule has 0 spiro atoms. The maximum atomic E-state index is 12.9. The standard InChI is InChI=1S/C21H19N5O3S2.C2HF3O2/c22-20-15-10-13(3-4-14(15)5-8-24-20)12-26-9-6-16(21(26)27)25-31(28,29)19-11-17-18(30-19)2-1-7-23-17;3-2(4,5)1(6)7/h1-5,7-8,10-11,16,25H,6,9,12H2,(H2,22,24);(H,6,7)/t16-;/m1./s1. The Hall–Kier alpha value is -3.82. The summed E-state index contributed by atoms with van der Waals surface area (Å²) >= 11 is 1.14. The second kappa shape index (κ2) is 10.5. The molecule has 4 heterocycles. The van der Waals surface area contributed by atoms with Gasteiger partial charge in [-0.25, -0.2) is 18.2 Å². The molecule has 0 aliphatic carbocycles. The SMILES string of the molecule is Nc1nccc2ccc(CN3CC[C@@H](NS(=O)(=O)c4cc5ncccc5s4)C3=O)cc12.O=C(O)C(F)(F)F. The number of nitrogens with one attached hydrogen (secondary N) is 1. The van der Waals surface area contributed by atoms with Crippen LogP contribution in [0.4, 0.5) is 19.0 Å². The highest BCUT2D eigenvalue weighted by atomic mass is 32.2. The fourth-order valence-electron chi connectivity index (χ4n) is 3.79. The first kappa shape index (κ1) is 27.2. The summed E-state index contributed by atoms with van der Waals surface area (Å²) in [6, 6.07) is 12.0. The van der Waals surface area contributed by atoms with Crippen molar-refractivity contribution in [2.75, 3.05) is 12.3 Å². The molecule has 38 heavy (non-hydrogen) atoms. The number of aromatic nitrogens is 2. The molecule has 1 fully saturated rings. The number of alkyl halides is 3. The fraction of sp³-hybridized carbons (Fsp3) is 0.217. The van der Waals surface area contributed by atoms with Gasteiger partial charge in [0.05, 0.1) is 10.2 Å². The third-order valence-electron chi connectivity index (χ3n) is 5.60. The quantitative estimate of drug-likeness (QED) is 0.332. The number of nitrogens with two attached hydrogens (primary N) is 1. The zero-order chi connectivity index (χ0) is 27.7. The summed E-state index contributed by atoms with van der Waals surface area (Å²) in [7, 11) is -3.81. The van der Waals surface area contributed by atoms with Crippen LogP contribution in [0, 0.1) is 0 Å². The largest absolute Gasteiger partial charge is 0.490 e. The van der Waals surface area contributed by atoms with Gasteiger partial charge in [0.1, 0.15) is 16.1 Å². The number of carbonyl (C=O) groups excluding carboxylic acids is 1. The lowest BCUT2D eigenvalue weighted by atomic mass is 10.1. The number of hydrogen-bond acceptors (Lipinski definition) is 8. The molecule has 4 N–H and O–H groups in total. The highest BCUT2D eigenvalue weighted by Gasteiger charge is 2.38. The van der Waals surface area contributed by atoms with E-state index in [-0.39, 0.29) is 10.1 Å². The molecular weight excluding hydrogens is 547 g/mol. The van der Waals surface area contributed by atoms with Gasteiger partial charge in [0.25, 0.3) is 10.0 Å². The van der Waals surface area contributed by atoms with Gasteiger partial charge in [0.2, 0.25) is 5.91 Å². The minimum absolute atomic E-state index is 0.157. The Labute approximate surface area is 218 Å². The van der Waals surface area contributed by atoms with Crippen molar-refractivity contribution >= 4 is 60.0 Å². The number of likely N-dealkylation sites (tertiary alicyclic amines) is 1. The van der Waals surface area contributed by atoms with Crippen molar-refractivity contribution in [3.8, 4) is 0 Å². The summed E-state index contributed by atoms with van der Waals surface area (Å²) in [5.41, 5.74) is 7.50. The van der Waals surface area contributed by atoms with Gasteiger partial charge in [0.15, 0.2) is 0 Å². The molecular formula is C23H20F3N5O5S2. The monoisotopic (exact) mass is 567 g/mol. The lowest BCUT2D eigenvalue weighted by Gasteiger charge is -2.17. The van der Waals surface area contributed by atoms with Gasteiger partial charge >= 0.3 is 12.1 Å². The maximum Gasteiger partial charge on any atom is 0.490 e. The molecule has 15 heteroatoms. The second-order valence-corrected chi connectivity index (χ2v) is 11.3. The number of benzene rings is 1. The molecule has 1 aliphatic heterocycles. The summed E-state index contributed by atoms with van der Waals surface area (Å²) in [5, 5.41) is 8.94. The van der Waals surface area contributed by atoms with Crippen LogP contribution in [0.1, 0.15) is 12.0 Å². The third kappa shape index (κ3) is 6.00. The number of halogens is 3. The van der Waals surface area contributed by atoms with Crippen LogP contribution in [0.25, 0.3) is 21.0 Å². The van der Waals surface area contributed by atoms with Gasteiger partial charge < -0.3 is 15.7 Å². The lowest BCUT2D eigenvalue weighted by Crippen LogP contribution is -2.41. The van der Waals surface area contributed by atoms with Crippen LogP contribution in [-0.2, 0) is 26.2 Å². The van der Waals surface area contributed by atoms with Gasteiger partial charge in [-0.1, -0.05) is 12.1 Å². The van der Waals surface area contributed by atoms with Gasteiger partial charge in [-0.05, 0) is 47.7 Å². The number of nitrogens with zero attached hydrogens (tertiary/aromatic N) is 3. The van der Waals surface area contributed by atoms with Crippen LogP contribution in [-0.4, -0.2) is 59.0 Å². The normalized spacial score (nSPS) is 16.0. The molecule has 1 aliphatic rings. The number of pyridine rings is 2. The van der Waals surface area contributed by atoms with Crippen LogP contribution in [0.15, 0.2) is 59.1 Å². The zero-order valence-corrected chi connectivity index (χ0v) is 21.0. The number of rotatable bonds is 5. The summed E-state index contributed by atoms with van der Waals surface area (Å²) < 4.78 is 60.9. The number of carboxylic acid groups (broad SMARTS) is 1. The van der Waals surface area contributed by atoms with Crippen molar-refractivity contribution in [3.63, 3.8) is 0 Å². The van der Waals surface area contributed by atoms with Gasteiger partial charge in [0, 0.05) is 30.9 Å². The van der Waals surface area contributed by atoms with Crippen LogP contribution in [0.2, 0.25) is 0 Å². The van der Waals surface area contributed by atoms with Gasteiger partial charge in [-0.3, -0.25) is 9.78 Å². The molecule has 5 rings (SSSR count). The summed E-state index contributed by atoms with van der Waals surface area (Å²) in [6.45, 7) is 0.856. The third-order valence-corrected chi connectivity index (χ3v) is 8.64. The van der Waals surface area contributed by atoms with Gasteiger partial charge in [-0.2, -0.15) is 17.9 Å². The Morgan fingerprint density at radius 3 is 2.61 bits per heavy atom. The van der Waals surface area contributed by atoms with E-state index >= 15 is 0 Å². The van der Waals surface area contributed by atoms with E-state index in [2.05, 4.69) is 14.7 Å². The zero-order valence-electron chi connectivity index (χ0n) is 19.3. The van der Waals surface area contributed by atoms with E-state index in [1.165, 1.54) is 6.07 Å². The molecule has 0 saturated carbocycles. The highest BCUT2D eigenvalue weighted by molar-refractivity contribution is 7.91.